The molecule has 1 saturated heterocycles. The van der Waals surface area contributed by atoms with Crippen molar-refractivity contribution < 1.29 is 23.8 Å². The van der Waals surface area contributed by atoms with Crippen LogP contribution in [-0.4, -0.2) is 59.9 Å². The number of aliphatic hydroxyl groups is 1. The Labute approximate surface area is 184 Å². The van der Waals surface area contributed by atoms with Gasteiger partial charge in [-0.2, -0.15) is 0 Å². The lowest BCUT2D eigenvalue weighted by Crippen LogP contribution is -2.37. The van der Waals surface area contributed by atoms with Crippen LogP contribution in [0.25, 0.3) is 5.76 Å². The number of methoxy groups -OCH3 is 1. The maximum atomic E-state index is 12.9. The number of ether oxygens (including phenoxy) is 1. The van der Waals surface area contributed by atoms with Gasteiger partial charge in [-0.05, 0) is 59.4 Å². The van der Waals surface area contributed by atoms with Crippen molar-refractivity contribution in [3.63, 3.8) is 0 Å². The van der Waals surface area contributed by atoms with Gasteiger partial charge in [0, 0.05) is 18.7 Å². The van der Waals surface area contributed by atoms with Gasteiger partial charge in [0.15, 0.2) is 0 Å². The van der Waals surface area contributed by atoms with E-state index < -0.39 is 17.7 Å². The van der Waals surface area contributed by atoms with Crippen LogP contribution in [0.1, 0.15) is 31.2 Å². The van der Waals surface area contributed by atoms with Gasteiger partial charge >= 0.3 is 0 Å². The molecule has 0 radical (unpaired) electrons. The number of likely N-dealkylation sites (N-methyl/N-ethyl adjacent to an activating group) is 1. The Bertz CT molecular complexity index is 950. The minimum atomic E-state index is -0.781. The fraction of sp³-hybridized carbons (Fsp3) is 0.364. The summed E-state index contributed by atoms with van der Waals surface area (Å²) in [5.41, 5.74) is 0.424. The average Bonchev–Trinajstić information content (AvgIpc) is 3.36. The van der Waals surface area contributed by atoms with Crippen LogP contribution < -0.4 is 4.74 Å². The zero-order chi connectivity index (χ0) is 21.8. The molecule has 2 aromatic rings. The summed E-state index contributed by atoms with van der Waals surface area (Å²) in [5.74, 6) is -0.585. The Morgan fingerprint density at radius 2 is 2.00 bits per heavy atom. The minimum Gasteiger partial charge on any atom is -0.507 e. The highest BCUT2D eigenvalue weighted by molar-refractivity contribution is 9.10. The summed E-state index contributed by atoms with van der Waals surface area (Å²) in [4.78, 5) is 29.4. The number of ketones is 1. The molecule has 8 heteroatoms. The van der Waals surface area contributed by atoms with Crippen molar-refractivity contribution in [3.8, 4) is 5.75 Å². The van der Waals surface area contributed by atoms with Crippen molar-refractivity contribution in [3.05, 3.63) is 58.0 Å². The second kappa shape index (κ2) is 9.49. The molecule has 30 heavy (non-hydrogen) atoms. The Morgan fingerprint density at radius 1 is 1.27 bits per heavy atom. The number of carbonyl (C=O) groups excluding carboxylic acids is 2. The van der Waals surface area contributed by atoms with Gasteiger partial charge in [-0.25, -0.2) is 0 Å². The maximum Gasteiger partial charge on any atom is 0.295 e. The number of hydrogen-bond donors (Lipinski definition) is 1. The molecular formula is C22H25BrN2O5. The van der Waals surface area contributed by atoms with Gasteiger partial charge in [0.2, 0.25) is 0 Å². The normalized spacial score (nSPS) is 18.4. The topological polar surface area (TPSA) is 83.2 Å². The summed E-state index contributed by atoms with van der Waals surface area (Å²) in [6.07, 6.45) is 1.49. The number of furan rings is 1. The van der Waals surface area contributed by atoms with Crippen molar-refractivity contribution in [2.24, 2.45) is 0 Å². The van der Waals surface area contributed by atoms with Crippen molar-refractivity contribution in [1.82, 2.24) is 9.80 Å². The van der Waals surface area contributed by atoms with Crippen LogP contribution in [0.2, 0.25) is 0 Å². The Hall–Kier alpha value is -2.58. The molecule has 0 spiro atoms. The number of nitrogens with zero attached hydrogens (tertiary/aromatic N) is 2. The van der Waals surface area contributed by atoms with Crippen LogP contribution in [0.3, 0.4) is 0 Å². The Balaban J connectivity index is 2.05. The van der Waals surface area contributed by atoms with Gasteiger partial charge in [0.05, 0.1) is 23.4 Å². The molecule has 1 unspecified atom stereocenters. The van der Waals surface area contributed by atoms with E-state index in [1.807, 2.05) is 13.8 Å². The predicted octanol–water partition coefficient (Wildman–Crippen LogP) is 3.81. The molecule has 160 valence electrons. The summed E-state index contributed by atoms with van der Waals surface area (Å²) in [6, 6.07) is 7.59. The third-order valence-electron chi connectivity index (χ3n) is 5.33. The molecule has 1 aliphatic rings. The molecule has 1 atom stereocenters. The molecule has 1 amide bonds. The number of halogens is 1. The smallest absolute Gasteiger partial charge is 0.295 e. The first-order valence-electron chi connectivity index (χ1n) is 9.80. The highest BCUT2D eigenvalue weighted by atomic mass is 79.9. The van der Waals surface area contributed by atoms with Gasteiger partial charge in [0.25, 0.3) is 11.7 Å². The van der Waals surface area contributed by atoms with Crippen LogP contribution >= 0.6 is 15.9 Å². The summed E-state index contributed by atoms with van der Waals surface area (Å²) in [7, 11) is 1.54. The summed E-state index contributed by atoms with van der Waals surface area (Å²) < 4.78 is 11.4. The lowest BCUT2D eigenvalue weighted by molar-refractivity contribution is -0.140. The third kappa shape index (κ3) is 4.15. The number of amides is 1. The zero-order valence-electron chi connectivity index (χ0n) is 17.2. The van der Waals surface area contributed by atoms with Gasteiger partial charge < -0.3 is 24.1 Å². The predicted molar refractivity (Wildman–Crippen MR) is 116 cm³/mol. The molecule has 7 nitrogen and oxygen atoms in total. The van der Waals surface area contributed by atoms with Crippen LogP contribution in [0.4, 0.5) is 0 Å². The van der Waals surface area contributed by atoms with Gasteiger partial charge in [0.1, 0.15) is 23.3 Å². The fourth-order valence-corrected chi connectivity index (χ4v) is 4.15. The third-order valence-corrected chi connectivity index (χ3v) is 5.95. The van der Waals surface area contributed by atoms with Crippen LogP contribution in [0.5, 0.6) is 5.75 Å². The van der Waals surface area contributed by atoms with Gasteiger partial charge in [-0.3, -0.25) is 9.59 Å². The highest BCUT2D eigenvalue weighted by Crippen LogP contribution is 2.40. The van der Waals surface area contributed by atoms with E-state index in [0.717, 1.165) is 13.1 Å². The number of Topliss-reactive ketones (excluding diaryl/α,β-unsaturated/α-hetero) is 1. The van der Waals surface area contributed by atoms with Gasteiger partial charge in [-0.15, -0.1) is 0 Å². The molecule has 1 fully saturated rings. The first kappa shape index (κ1) is 22.1. The first-order chi connectivity index (χ1) is 14.4. The Morgan fingerprint density at radius 3 is 2.57 bits per heavy atom. The highest BCUT2D eigenvalue weighted by Gasteiger charge is 2.47. The molecule has 1 aromatic heterocycles. The SMILES string of the molecule is CCN(CC)CCN1C(=O)C(=O)/C(=C(\O)c2ccc(OC)c(Br)c2)C1c1ccco1. The monoisotopic (exact) mass is 476 g/mol. The van der Waals surface area contributed by atoms with Crippen molar-refractivity contribution >= 4 is 33.4 Å². The molecule has 3 rings (SSSR count). The maximum absolute atomic E-state index is 12.9. The molecule has 2 heterocycles. The van der Waals surface area contributed by atoms with E-state index in [-0.39, 0.29) is 11.3 Å². The van der Waals surface area contributed by atoms with E-state index >= 15 is 0 Å². The van der Waals surface area contributed by atoms with Crippen LogP contribution in [-0.2, 0) is 9.59 Å². The summed E-state index contributed by atoms with van der Waals surface area (Å²) >= 11 is 3.39. The van der Waals surface area contributed by atoms with Crippen molar-refractivity contribution in [2.75, 3.05) is 33.3 Å². The van der Waals surface area contributed by atoms with E-state index in [4.69, 9.17) is 9.15 Å². The molecular weight excluding hydrogens is 452 g/mol. The van der Waals surface area contributed by atoms with Crippen molar-refractivity contribution in [2.45, 2.75) is 19.9 Å². The molecule has 1 aliphatic heterocycles. The molecule has 1 aromatic carbocycles. The second-order valence-corrected chi connectivity index (χ2v) is 7.74. The first-order valence-corrected chi connectivity index (χ1v) is 10.6. The number of rotatable bonds is 8. The largest absolute Gasteiger partial charge is 0.507 e. The van der Waals surface area contributed by atoms with E-state index in [0.29, 0.717) is 34.6 Å². The van der Waals surface area contributed by atoms with Crippen LogP contribution in [0.15, 0.2) is 51.1 Å². The number of aliphatic hydroxyl groups excluding tert-OH is 1. The van der Waals surface area contributed by atoms with Crippen molar-refractivity contribution in [1.29, 1.82) is 0 Å². The van der Waals surface area contributed by atoms with Gasteiger partial charge in [-0.1, -0.05) is 13.8 Å². The molecule has 0 bridgehead atoms. The fourth-order valence-electron chi connectivity index (χ4n) is 3.61. The standard InChI is InChI=1S/C22H25BrN2O5/c1-4-24(5-2)10-11-25-19(17-7-6-12-30-17)18(21(27)22(25)28)20(26)14-8-9-16(29-3)15(23)13-14/h6-9,12-13,19,26H,4-5,10-11H2,1-3H3/b20-18-. The van der Waals surface area contributed by atoms with E-state index in [1.54, 1.807) is 30.3 Å². The summed E-state index contributed by atoms with van der Waals surface area (Å²) in [5, 5.41) is 11.0. The minimum absolute atomic E-state index is 0.0200. The van der Waals surface area contributed by atoms with E-state index in [2.05, 4.69) is 20.8 Å². The second-order valence-electron chi connectivity index (χ2n) is 6.88. The number of benzene rings is 1. The molecule has 0 aliphatic carbocycles. The zero-order valence-corrected chi connectivity index (χ0v) is 18.8. The Kier molecular flexibility index (Phi) is 6.99. The lowest BCUT2D eigenvalue weighted by Gasteiger charge is -2.26. The van der Waals surface area contributed by atoms with E-state index in [9.17, 15) is 14.7 Å². The lowest BCUT2D eigenvalue weighted by atomic mass is 9.99. The summed E-state index contributed by atoms with van der Waals surface area (Å²) in [6.45, 7) is 6.73. The van der Waals surface area contributed by atoms with Crippen LogP contribution in [0, 0.1) is 0 Å². The molecule has 1 N–H and O–H groups in total. The molecule has 0 saturated carbocycles. The number of likely N-dealkylation sites (tertiary alicyclic amines) is 1. The number of hydrogen-bond acceptors (Lipinski definition) is 6. The number of carbonyl (C=O) groups is 2. The average molecular weight is 477 g/mol. The quantitative estimate of drug-likeness (QED) is 0.354. The van der Waals surface area contributed by atoms with E-state index in [1.165, 1.54) is 18.3 Å².